The fraction of sp³-hybridized carbons (Fsp3) is 0.231. The van der Waals surface area contributed by atoms with E-state index in [2.05, 4.69) is 0 Å². The zero-order chi connectivity index (χ0) is 25.4. The van der Waals surface area contributed by atoms with Gasteiger partial charge in [-0.15, -0.1) is 11.3 Å². The Morgan fingerprint density at radius 1 is 1.06 bits per heavy atom. The molecule has 0 bridgehead atoms. The second kappa shape index (κ2) is 12.2. The lowest BCUT2D eigenvalue weighted by atomic mass is 10.0. The summed E-state index contributed by atoms with van der Waals surface area (Å²) >= 11 is 2.41. The summed E-state index contributed by atoms with van der Waals surface area (Å²) in [7, 11) is 0. The first kappa shape index (κ1) is 26.0. The van der Waals surface area contributed by atoms with Crippen LogP contribution in [0.2, 0.25) is 0 Å². The van der Waals surface area contributed by atoms with Crippen LogP contribution in [0, 0.1) is 18.3 Å². The molecule has 2 aromatic heterocycles. The van der Waals surface area contributed by atoms with E-state index >= 15 is 0 Å². The predicted molar refractivity (Wildman–Crippen MR) is 133 cm³/mol. The molecule has 3 aromatic rings. The summed E-state index contributed by atoms with van der Waals surface area (Å²) in [6.45, 7) is 5.27. The highest BCUT2D eigenvalue weighted by Crippen LogP contribution is 2.32. The molecule has 7 nitrogen and oxygen atoms in total. The van der Waals surface area contributed by atoms with Crippen molar-refractivity contribution in [2.45, 2.75) is 37.2 Å². The van der Waals surface area contributed by atoms with E-state index in [1.54, 1.807) is 32.9 Å². The fourth-order valence-corrected chi connectivity index (χ4v) is 5.17. The minimum Gasteiger partial charge on any atom is -0.462 e. The number of nitriles is 1. The average Bonchev–Trinajstić information content (AvgIpc) is 3.41. The molecule has 1 aromatic carbocycles. The number of benzene rings is 1. The van der Waals surface area contributed by atoms with Crippen LogP contribution in [0.15, 0.2) is 62.4 Å². The molecule has 0 unspecified atom stereocenters. The number of thiophene rings is 1. The normalized spacial score (nSPS) is 11.1. The van der Waals surface area contributed by atoms with Crippen LogP contribution in [-0.4, -0.2) is 30.9 Å². The molecule has 35 heavy (non-hydrogen) atoms. The number of ketones is 1. The third kappa shape index (κ3) is 6.50. The Bertz CT molecular complexity index is 1300. The van der Waals surface area contributed by atoms with Gasteiger partial charge < -0.3 is 13.9 Å². The maximum atomic E-state index is 13.0. The first-order valence-corrected chi connectivity index (χ1v) is 12.4. The number of furan rings is 1. The molecule has 0 fully saturated rings. The van der Waals surface area contributed by atoms with E-state index in [4.69, 9.17) is 13.9 Å². The molecule has 2 heterocycles. The molecule has 9 heteroatoms. The quantitative estimate of drug-likeness (QED) is 0.190. The van der Waals surface area contributed by atoms with Gasteiger partial charge in [0.15, 0.2) is 10.9 Å². The highest BCUT2D eigenvalue weighted by Gasteiger charge is 2.28. The van der Waals surface area contributed by atoms with Crippen LogP contribution >= 0.6 is 23.1 Å². The molecular formula is C26H23NO6S2. The van der Waals surface area contributed by atoms with Gasteiger partial charge in [-0.3, -0.25) is 4.79 Å². The SMILES string of the molecule is CCOC(=O)c1sc(CC(=O)C(C#N)=Cc2ccc(Sc3ccccc3)o2)c(C(=O)OCC)c1C. The molecule has 0 aliphatic rings. The van der Waals surface area contributed by atoms with Crippen molar-refractivity contribution in [3.63, 3.8) is 0 Å². The summed E-state index contributed by atoms with van der Waals surface area (Å²) in [5, 5.41) is 10.2. The molecule has 3 rings (SSSR count). The van der Waals surface area contributed by atoms with Gasteiger partial charge in [0.1, 0.15) is 16.7 Å². The summed E-state index contributed by atoms with van der Waals surface area (Å²) in [6.07, 6.45) is 1.12. The Morgan fingerprint density at radius 2 is 1.74 bits per heavy atom. The molecule has 0 atom stereocenters. The monoisotopic (exact) mass is 509 g/mol. The molecule has 0 amide bonds. The number of nitrogens with zero attached hydrogens (tertiary/aromatic N) is 1. The predicted octanol–water partition coefficient (Wildman–Crippen LogP) is 5.87. The fourth-order valence-electron chi connectivity index (χ4n) is 3.19. The van der Waals surface area contributed by atoms with Gasteiger partial charge >= 0.3 is 11.9 Å². The van der Waals surface area contributed by atoms with Gasteiger partial charge in [0.25, 0.3) is 0 Å². The Labute approximate surface area is 211 Å². The number of carbonyl (C=O) groups excluding carboxylic acids is 3. The Hall–Kier alpha value is -3.61. The molecule has 0 saturated heterocycles. The zero-order valence-corrected chi connectivity index (χ0v) is 21.1. The van der Waals surface area contributed by atoms with Gasteiger partial charge in [-0.2, -0.15) is 5.26 Å². The number of rotatable bonds is 10. The van der Waals surface area contributed by atoms with Crippen molar-refractivity contribution in [2.75, 3.05) is 13.2 Å². The molecule has 0 radical (unpaired) electrons. The lowest BCUT2D eigenvalue weighted by molar-refractivity contribution is -0.114. The minimum atomic E-state index is -0.629. The van der Waals surface area contributed by atoms with Crippen molar-refractivity contribution >= 4 is 46.9 Å². The van der Waals surface area contributed by atoms with E-state index in [1.807, 2.05) is 36.4 Å². The number of hydrogen-bond donors (Lipinski definition) is 0. The largest absolute Gasteiger partial charge is 0.462 e. The van der Waals surface area contributed by atoms with Crippen LogP contribution < -0.4 is 0 Å². The average molecular weight is 510 g/mol. The van der Waals surface area contributed by atoms with Crippen LogP contribution in [0.3, 0.4) is 0 Å². The molecule has 0 aliphatic carbocycles. The number of ether oxygens (including phenoxy) is 2. The van der Waals surface area contributed by atoms with E-state index in [1.165, 1.54) is 17.8 Å². The molecular weight excluding hydrogens is 486 g/mol. The number of hydrogen-bond acceptors (Lipinski definition) is 9. The van der Waals surface area contributed by atoms with Crippen LogP contribution in [-0.2, 0) is 20.7 Å². The molecule has 0 aliphatic heterocycles. The maximum Gasteiger partial charge on any atom is 0.348 e. The topological polar surface area (TPSA) is 107 Å². The zero-order valence-electron chi connectivity index (χ0n) is 19.5. The minimum absolute atomic E-state index is 0.130. The molecule has 0 saturated carbocycles. The lowest BCUT2D eigenvalue weighted by Gasteiger charge is -2.05. The van der Waals surface area contributed by atoms with Crippen molar-refractivity contribution in [3.8, 4) is 6.07 Å². The summed E-state index contributed by atoms with van der Waals surface area (Å²) in [6, 6.07) is 15.0. The van der Waals surface area contributed by atoms with Crippen LogP contribution in [0.4, 0.5) is 0 Å². The number of Topliss-reactive ketones (excluding diaryl/α,β-unsaturated/α-hetero) is 1. The highest BCUT2D eigenvalue weighted by atomic mass is 32.2. The van der Waals surface area contributed by atoms with Crippen LogP contribution in [0.1, 0.15) is 50.1 Å². The van der Waals surface area contributed by atoms with Crippen molar-refractivity contribution in [1.29, 1.82) is 5.26 Å². The maximum absolute atomic E-state index is 13.0. The highest BCUT2D eigenvalue weighted by molar-refractivity contribution is 7.99. The van der Waals surface area contributed by atoms with Crippen LogP contribution in [0.5, 0.6) is 0 Å². The van der Waals surface area contributed by atoms with E-state index in [-0.39, 0.29) is 35.6 Å². The number of esters is 2. The molecule has 0 N–H and O–H groups in total. The second-order valence-corrected chi connectivity index (χ2v) is 9.32. The third-order valence-corrected chi connectivity index (χ3v) is 6.95. The lowest BCUT2D eigenvalue weighted by Crippen LogP contribution is -2.12. The Kier molecular flexibility index (Phi) is 9.06. The van der Waals surface area contributed by atoms with Crippen molar-refractivity contribution in [1.82, 2.24) is 0 Å². The van der Waals surface area contributed by atoms with Gasteiger partial charge in [-0.05, 0) is 50.6 Å². The third-order valence-electron chi connectivity index (χ3n) is 4.75. The van der Waals surface area contributed by atoms with E-state index in [0.29, 0.717) is 21.3 Å². The second-order valence-electron chi connectivity index (χ2n) is 7.14. The number of carbonyl (C=O) groups is 3. The van der Waals surface area contributed by atoms with E-state index < -0.39 is 17.7 Å². The smallest absolute Gasteiger partial charge is 0.348 e. The van der Waals surface area contributed by atoms with Gasteiger partial charge in [-0.25, -0.2) is 9.59 Å². The molecule has 0 spiro atoms. The summed E-state index contributed by atoms with van der Waals surface area (Å²) in [4.78, 5) is 39.5. The Morgan fingerprint density at radius 3 is 2.40 bits per heavy atom. The van der Waals surface area contributed by atoms with E-state index in [0.717, 1.165) is 16.2 Å². The van der Waals surface area contributed by atoms with Crippen molar-refractivity contribution in [3.05, 3.63) is 74.7 Å². The van der Waals surface area contributed by atoms with E-state index in [9.17, 15) is 19.6 Å². The summed E-state index contributed by atoms with van der Waals surface area (Å²) in [5.74, 6) is -1.36. The van der Waals surface area contributed by atoms with Gasteiger partial charge in [0.05, 0.1) is 24.4 Å². The first-order chi connectivity index (χ1) is 16.9. The first-order valence-electron chi connectivity index (χ1n) is 10.8. The summed E-state index contributed by atoms with van der Waals surface area (Å²) < 4.78 is 15.9. The van der Waals surface area contributed by atoms with Gasteiger partial charge in [-0.1, -0.05) is 30.0 Å². The van der Waals surface area contributed by atoms with Gasteiger partial charge in [0, 0.05) is 22.3 Å². The Balaban J connectivity index is 1.85. The standard InChI is InChI=1S/C26H23NO6S2/c1-4-31-25(29)23-16(3)24(26(30)32-5-2)35-21(23)14-20(28)17(15-27)13-18-11-12-22(33-18)34-19-9-7-6-8-10-19/h6-13H,4-5,14H2,1-3H3. The van der Waals surface area contributed by atoms with Crippen LogP contribution in [0.25, 0.3) is 6.08 Å². The van der Waals surface area contributed by atoms with Crippen molar-refractivity contribution < 1.29 is 28.3 Å². The summed E-state index contributed by atoms with van der Waals surface area (Å²) in [5.41, 5.74) is 0.421. The molecule has 180 valence electrons. The van der Waals surface area contributed by atoms with Crippen molar-refractivity contribution in [2.24, 2.45) is 0 Å². The van der Waals surface area contributed by atoms with Gasteiger partial charge in [0.2, 0.25) is 0 Å². The number of allylic oxidation sites excluding steroid dienone is 1.